The fourth-order valence-electron chi connectivity index (χ4n) is 2.85. The van der Waals surface area contributed by atoms with Crippen molar-refractivity contribution in [3.05, 3.63) is 18.2 Å². The van der Waals surface area contributed by atoms with Crippen LogP contribution in [0.15, 0.2) is 12.5 Å². The van der Waals surface area contributed by atoms with Crippen molar-refractivity contribution in [1.29, 1.82) is 0 Å². The average molecular weight is 264 g/mol. The summed E-state index contributed by atoms with van der Waals surface area (Å²) in [6.07, 6.45) is 5.60. The van der Waals surface area contributed by atoms with E-state index in [1.165, 1.54) is 0 Å². The highest BCUT2D eigenvalue weighted by Crippen LogP contribution is 2.21. The van der Waals surface area contributed by atoms with Crippen LogP contribution in [-0.4, -0.2) is 46.0 Å². The SMILES string of the molecule is CCNC1CCN(C(=O)c2cn(C)cn2)CC1CC. The Morgan fingerprint density at radius 3 is 2.89 bits per heavy atom. The number of likely N-dealkylation sites (tertiary alicyclic amines) is 1. The number of aromatic nitrogens is 2. The molecule has 1 aliphatic heterocycles. The molecule has 5 nitrogen and oxygen atoms in total. The molecule has 2 rings (SSSR count). The number of amides is 1. The maximum absolute atomic E-state index is 12.4. The van der Waals surface area contributed by atoms with E-state index in [1.54, 1.807) is 12.5 Å². The smallest absolute Gasteiger partial charge is 0.274 e. The van der Waals surface area contributed by atoms with Gasteiger partial charge in [-0.3, -0.25) is 4.79 Å². The van der Waals surface area contributed by atoms with Gasteiger partial charge in [-0.05, 0) is 18.9 Å². The Morgan fingerprint density at radius 1 is 1.53 bits per heavy atom. The van der Waals surface area contributed by atoms with Gasteiger partial charge in [0.25, 0.3) is 5.91 Å². The Balaban J connectivity index is 2.01. The second kappa shape index (κ2) is 6.19. The standard InChI is InChI=1S/C14H24N4O/c1-4-11-8-18(7-6-12(11)15-5-2)14(19)13-9-17(3)10-16-13/h9-12,15H,4-8H2,1-3H3. The van der Waals surface area contributed by atoms with E-state index >= 15 is 0 Å². The van der Waals surface area contributed by atoms with Gasteiger partial charge in [0.2, 0.25) is 0 Å². The third-order valence-corrected chi connectivity index (χ3v) is 3.94. The summed E-state index contributed by atoms with van der Waals surface area (Å²) in [6.45, 7) is 6.99. The summed E-state index contributed by atoms with van der Waals surface area (Å²) < 4.78 is 1.82. The molecule has 1 aromatic rings. The van der Waals surface area contributed by atoms with Gasteiger partial charge in [-0.25, -0.2) is 4.98 Å². The van der Waals surface area contributed by atoms with Gasteiger partial charge < -0.3 is 14.8 Å². The molecule has 2 atom stereocenters. The van der Waals surface area contributed by atoms with Crippen LogP contribution in [-0.2, 0) is 7.05 Å². The highest BCUT2D eigenvalue weighted by molar-refractivity contribution is 5.92. The van der Waals surface area contributed by atoms with Crippen LogP contribution in [0, 0.1) is 5.92 Å². The zero-order valence-electron chi connectivity index (χ0n) is 12.1. The van der Waals surface area contributed by atoms with E-state index in [0.29, 0.717) is 17.7 Å². The van der Waals surface area contributed by atoms with Crippen LogP contribution in [0.3, 0.4) is 0 Å². The van der Waals surface area contributed by atoms with E-state index in [2.05, 4.69) is 24.1 Å². The molecule has 1 aromatic heterocycles. The summed E-state index contributed by atoms with van der Waals surface area (Å²) in [5.41, 5.74) is 0.555. The van der Waals surface area contributed by atoms with Gasteiger partial charge in [0.1, 0.15) is 5.69 Å². The number of rotatable bonds is 4. The van der Waals surface area contributed by atoms with Crippen molar-refractivity contribution in [2.24, 2.45) is 13.0 Å². The van der Waals surface area contributed by atoms with Crippen molar-refractivity contribution < 1.29 is 4.79 Å². The fraction of sp³-hybridized carbons (Fsp3) is 0.714. The van der Waals surface area contributed by atoms with E-state index in [9.17, 15) is 4.79 Å². The molecule has 1 aliphatic rings. The number of carbonyl (C=O) groups is 1. The molecule has 0 spiro atoms. The van der Waals surface area contributed by atoms with Gasteiger partial charge in [-0.15, -0.1) is 0 Å². The third-order valence-electron chi connectivity index (χ3n) is 3.94. The van der Waals surface area contributed by atoms with Crippen LogP contribution >= 0.6 is 0 Å². The van der Waals surface area contributed by atoms with Crippen LogP contribution in [0.5, 0.6) is 0 Å². The minimum absolute atomic E-state index is 0.0639. The summed E-state index contributed by atoms with van der Waals surface area (Å²) >= 11 is 0. The molecular weight excluding hydrogens is 240 g/mol. The Labute approximate surface area is 115 Å². The topological polar surface area (TPSA) is 50.2 Å². The molecule has 0 radical (unpaired) electrons. The summed E-state index contributed by atoms with van der Waals surface area (Å²) in [6, 6.07) is 0.544. The van der Waals surface area contributed by atoms with Gasteiger partial charge in [-0.1, -0.05) is 20.3 Å². The zero-order chi connectivity index (χ0) is 13.8. The molecule has 1 fully saturated rings. The van der Waals surface area contributed by atoms with Gasteiger partial charge in [0.05, 0.1) is 6.33 Å². The first-order valence-electron chi connectivity index (χ1n) is 7.16. The summed E-state index contributed by atoms with van der Waals surface area (Å²) in [7, 11) is 1.88. The number of hydrogen-bond acceptors (Lipinski definition) is 3. The number of aryl methyl sites for hydroxylation is 1. The van der Waals surface area contributed by atoms with Crippen LogP contribution in [0.25, 0.3) is 0 Å². The molecule has 19 heavy (non-hydrogen) atoms. The number of nitrogens with one attached hydrogen (secondary N) is 1. The van der Waals surface area contributed by atoms with Crippen molar-refractivity contribution >= 4 is 5.91 Å². The number of hydrogen-bond donors (Lipinski definition) is 1. The lowest BCUT2D eigenvalue weighted by Gasteiger charge is -2.38. The third kappa shape index (κ3) is 3.15. The zero-order valence-corrected chi connectivity index (χ0v) is 12.1. The van der Waals surface area contributed by atoms with Crippen molar-refractivity contribution in [2.45, 2.75) is 32.7 Å². The van der Waals surface area contributed by atoms with Crippen molar-refractivity contribution in [3.63, 3.8) is 0 Å². The Kier molecular flexibility index (Phi) is 4.58. The summed E-state index contributed by atoms with van der Waals surface area (Å²) in [4.78, 5) is 18.5. The Morgan fingerprint density at radius 2 is 2.32 bits per heavy atom. The number of nitrogens with zero attached hydrogens (tertiary/aromatic N) is 3. The van der Waals surface area contributed by atoms with E-state index in [-0.39, 0.29) is 5.91 Å². The first-order valence-corrected chi connectivity index (χ1v) is 7.16. The lowest BCUT2D eigenvalue weighted by Crippen LogP contribution is -2.50. The molecule has 0 bridgehead atoms. The second-order valence-corrected chi connectivity index (χ2v) is 5.30. The molecule has 1 N–H and O–H groups in total. The molecule has 0 aromatic carbocycles. The molecule has 0 saturated carbocycles. The second-order valence-electron chi connectivity index (χ2n) is 5.30. The number of imidazole rings is 1. The van der Waals surface area contributed by atoms with Gasteiger partial charge in [0, 0.05) is 32.4 Å². The number of carbonyl (C=O) groups excluding carboxylic acids is 1. The molecule has 106 valence electrons. The minimum atomic E-state index is 0.0639. The predicted molar refractivity (Wildman–Crippen MR) is 75.0 cm³/mol. The molecule has 2 unspecified atom stereocenters. The van der Waals surface area contributed by atoms with Crippen LogP contribution in [0.1, 0.15) is 37.2 Å². The Bertz CT molecular complexity index is 429. The molecule has 5 heteroatoms. The summed E-state index contributed by atoms with van der Waals surface area (Å²) in [5, 5.41) is 3.53. The van der Waals surface area contributed by atoms with E-state index in [1.807, 2.05) is 16.5 Å². The van der Waals surface area contributed by atoms with Crippen molar-refractivity contribution in [2.75, 3.05) is 19.6 Å². The first-order chi connectivity index (χ1) is 9.15. The van der Waals surface area contributed by atoms with Gasteiger partial charge in [-0.2, -0.15) is 0 Å². The largest absolute Gasteiger partial charge is 0.340 e. The summed E-state index contributed by atoms with van der Waals surface area (Å²) in [5.74, 6) is 0.607. The average Bonchev–Trinajstić information content (AvgIpc) is 2.85. The highest BCUT2D eigenvalue weighted by Gasteiger charge is 2.30. The maximum Gasteiger partial charge on any atom is 0.274 e. The Hall–Kier alpha value is -1.36. The molecular formula is C14H24N4O. The lowest BCUT2D eigenvalue weighted by molar-refractivity contribution is 0.0622. The van der Waals surface area contributed by atoms with Crippen LogP contribution < -0.4 is 5.32 Å². The van der Waals surface area contributed by atoms with Crippen molar-refractivity contribution in [3.8, 4) is 0 Å². The fourth-order valence-corrected chi connectivity index (χ4v) is 2.85. The van der Waals surface area contributed by atoms with E-state index in [0.717, 1.165) is 32.5 Å². The van der Waals surface area contributed by atoms with E-state index in [4.69, 9.17) is 0 Å². The van der Waals surface area contributed by atoms with Gasteiger partial charge in [0.15, 0.2) is 0 Å². The minimum Gasteiger partial charge on any atom is -0.340 e. The lowest BCUT2D eigenvalue weighted by atomic mass is 9.89. The monoisotopic (exact) mass is 264 g/mol. The maximum atomic E-state index is 12.4. The van der Waals surface area contributed by atoms with Crippen LogP contribution in [0.4, 0.5) is 0 Å². The molecule has 1 saturated heterocycles. The predicted octanol–water partition coefficient (Wildman–Crippen LogP) is 1.27. The first kappa shape index (κ1) is 14.1. The van der Waals surface area contributed by atoms with Crippen LogP contribution in [0.2, 0.25) is 0 Å². The quantitative estimate of drug-likeness (QED) is 0.891. The molecule has 0 aliphatic carbocycles. The molecule has 2 heterocycles. The van der Waals surface area contributed by atoms with Gasteiger partial charge >= 0.3 is 0 Å². The number of piperidine rings is 1. The van der Waals surface area contributed by atoms with Crippen molar-refractivity contribution in [1.82, 2.24) is 19.8 Å². The van der Waals surface area contributed by atoms with E-state index < -0.39 is 0 Å². The molecule has 1 amide bonds. The highest BCUT2D eigenvalue weighted by atomic mass is 16.2. The normalized spacial score (nSPS) is 23.6.